The molecule has 0 aliphatic carbocycles. The Morgan fingerprint density at radius 3 is 2.72 bits per heavy atom. The van der Waals surface area contributed by atoms with Gasteiger partial charge >= 0.3 is 0 Å². The van der Waals surface area contributed by atoms with Crippen molar-refractivity contribution in [1.82, 2.24) is 20.1 Å². The number of halogens is 2. The molecule has 0 atom stereocenters. The Labute approximate surface area is 166 Å². The zero-order valence-corrected chi connectivity index (χ0v) is 15.6. The molecule has 3 aromatic rings. The van der Waals surface area contributed by atoms with Crippen molar-refractivity contribution in [2.45, 2.75) is 12.8 Å². The minimum absolute atomic E-state index is 0.0281. The summed E-state index contributed by atoms with van der Waals surface area (Å²) in [6.45, 7) is 1.28. The second kappa shape index (κ2) is 7.90. The summed E-state index contributed by atoms with van der Waals surface area (Å²) in [5, 5.41) is 7.93. The Morgan fingerprint density at radius 2 is 2.00 bits per heavy atom. The molecule has 1 saturated heterocycles. The highest BCUT2D eigenvalue weighted by Gasteiger charge is 2.31. The van der Waals surface area contributed by atoms with Gasteiger partial charge in [-0.05, 0) is 48.7 Å². The summed E-state index contributed by atoms with van der Waals surface area (Å²) in [5.41, 5.74) is 8.09. The molecule has 4 rings (SSSR count). The minimum Gasteiger partial charge on any atom is -0.397 e. The molecular formula is C21H19F2N5O. The Bertz CT molecular complexity index is 1040. The summed E-state index contributed by atoms with van der Waals surface area (Å²) < 4.78 is 27.2. The monoisotopic (exact) mass is 395 g/mol. The predicted octanol–water partition coefficient (Wildman–Crippen LogP) is 2.64. The molecule has 6 nitrogen and oxygen atoms in total. The number of anilines is 1. The standard InChI is InChI=1S/C21H19F2N5O/c22-14-3-4-16(17(23)9-14)19-6-5-18(24)20(26-19)10-21(29)28-11-13(12-28)8-15-2-1-7-25-27-15/h1-7,9,13H,8,10-12,24H2. The minimum atomic E-state index is -0.714. The van der Waals surface area contributed by atoms with Gasteiger partial charge in [0, 0.05) is 30.9 Å². The topological polar surface area (TPSA) is 85.0 Å². The third-order valence-electron chi connectivity index (χ3n) is 4.97. The first kappa shape index (κ1) is 18.9. The average Bonchev–Trinajstić information content (AvgIpc) is 2.67. The van der Waals surface area contributed by atoms with Gasteiger partial charge in [0.15, 0.2) is 0 Å². The van der Waals surface area contributed by atoms with Crippen molar-refractivity contribution in [3.63, 3.8) is 0 Å². The van der Waals surface area contributed by atoms with Crippen LogP contribution >= 0.6 is 0 Å². The highest BCUT2D eigenvalue weighted by atomic mass is 19.1. The van der Waals surface area contributed by atoms with Gasteiger partial charge in [-0.1, -0.05) is 0 Å². The largest absolute Gasteiger partial charge is 0.397 e. The van der Waals surface area contributed by atoms with Crippen LogP contribution in [0, 0.1) is 17.6 Å². The summed E-state index contributed by atoms with van der Waals surface area (Å²) in [5.74, 6) is -1.11. The smallest absolute Gasteiger partial charge is 0.228 e. The van der Waals surface area contributed by atoms with Gasteiger partial charge in [0.1, 0.15) is 11.6 Å². The lowest BCUT2D eigenvalue weighted by Crippen LogP contribution is -2.51. The molecular weight excluding hydrogens is 376 g/mol. The molecule has 0 unspecified atom stereocenters. The van der Waals surface area contributed by atoms with Crippen molar-refractivity contribution in [2.75, 3.05) is 18.8 Å². The van der Waals surface area contributed by atoms with Gasteiger partial charge in [-0.2, -0.15) is 10.2 Å². The quantitative estimate of drug-likeness (QED) is 0.718. The summed E-state index contributed by atoms with van der Waals surface area (Å²) in [7, 11) is 0. The fraction of sp³-hybridized carbons (Fsp3) is 0.238. The molecule has 2 N–H and O–H groups in total. The van der Waals surface area contributed by atoms with E-state index in [4.69, 9.17) is 5.73 Å². The molecule has 2 aromatic heterocycles. The lowest BCUT2D eigenvalue weighted by molar-refractivity contribution is -0.136. The van der Waals surface area contributed by atoms with E-state index in [0.717, 1.165) is 18.2 Å². The number of carbonyl (C=O) groups is 1. The Hall–Kier alpha value is -3.42. The van der Waals surface area contributed by atoms with E-state index in [2.05, 4.69) is 15.2 Å². The van der Waals surface area contributed by atoms with Crippen molar-refractivity contribution < 1.29 is 13.6 Å². The second-order valence-electron chi connectivity index (χ2n) is 7.12. The van der Waals surface area contributed by atoms with Crippen LogP contribution in [0.4, 0.5) is 14.5 Å². The molecule has 1 aliphatic heterocycles. The van der Waals surface area contributed by atoms with E-state index in [0.29, 0.717) is 36.1 Å². The highest BCUT2D eigenvalue weighted by Crippen LogP contribution is 2.25. The summed E-state index contributed by atoms with van der Waals surface area (Å²) in [6, 6.07) is 10.2. The number of hydrogen-bond donors (Lipinski definition) is 1. The van der Waals surface area contributed by atoms with E-state index in [1.807, 2.05) is 12.1 Å². The first-order valence-corrected chi connectivity index (χ1v) is 9.25. The maximum Gasteiger partial charge on any atom is 0.228 e. The van der Waals surface area contributed by atoms with Crippen LogP contribution in [0.1, 0.15) is 11.4 Å². The van der Waals surface area contributed by atoms with Gasteiger partial charge in [-0.3, -0.25) is 9.78 Å². The normalized spacial score (nSPS) is 13.9. The van der Waals surface area contributed by atoms with Crippen LogP contribution < -0.4 is 5.73 Å². The van der Waals surface area contributed by atoms with Gasteiger partial charge in [-0.15, -0.1) is 0 Å². The van der Waals surface area contributed by atoms with Crippen molar-refractivity contribution in [2.24, 2.45) is 5.92 Å². The SMILES string of the molecule is Nc1ccc(-c2ccc(F)cc2F)nc1CC(=O)N1CC(Cc2cccnn2)C1. The number of pyridine rings is 1. The fourth-order valence-corrected chi connectivity index (χ4v) is 3.40. The van der Waals surface area contributed by atoms with Gasteiger partial charge in [-0.25, -0.2) is 8.78 Å². The Kier molecular flexibility index (Phi) is 5.16. The maximum absolute atomic E-state index is 14.0. The molecule has 29 heavy (non-hydrogen) atoms. The number of benzene rings is 1. The van der Waals surface area contributed by atoms with Crippen molar-refractivity contribution in [1.29, 1.82) is 0 Å². The van der Waals surface area contributed by atoms with Crippen LogP contribution in [-0.4, -0.2) is 39.1 Å². The number of rotatable bonds is 5. The lowest BCUT2D eigenvalue weighted by Gasteiger charge is -2.39. The zero-order chi connectivity index (χ0) is 20.4. The van der Waals surface area contributed by atoms with Crippen LogP contribution in [0.5, 0.6) is 0 Å². The average molecular weight is 395 g/mol. The molecule has 0 radical (unpaired) electrons. The number of nitrogens with zero attached hydrogens (tertiary/aromatic N) is 4. The first-order chi connectivity index (χ1) is 14.0. The van der Waals surface area contributed by atoms with Crippen molar-refractivity contribution in [3.05, 3.63) is 71.7 Å². The number of amides is 1. The van der Waals surface area contributed by atoms with E-state index in [1.165, 1.54) is 12.1 Å². The van der Waals surface area contributed by atoms with E-state index in [1.54, 1.807) is 23.2 Å². The summed E-state index contributed by atoms with van der Waals surface area (Å²) >= 11 is 0. The molecule has 1 fully saturated rings. The van der Waals surface area contributed by atoms with E-state index in [9.17, 15) is 13.6 Å². The van der Waals surface area contributed by atoms with Crippen LogP contribution in [0.3, 0.4) is 0 Å². The molecule has 0 spiro atoms. The van der Waals surface area contributed by atoms with Gasteiger partial charge in [0.2, 0.25) is 5.91 Å². The molecule has 3 heterocycles. The first-order valence-electron chi connectivity index (χ1n) is 9.25. The third kappa shape index (κ3) is 4.21. The van der Waals surface area contributed by atoms with Crippen LogP contribution in [0.15, 0.2) is 48.7 Å². The summed E-state index contributed by atoms with van der Waals surface area (Å²) in [6.07, 6.45) is 2.43. The van der Waals surface area contributed by atoms with Crippen LogP contribution in [-0.2, 0) is 17.6 Å². The van der Waals surface area contributed by atoms with Gasteiger partial charge in [0.25, 0.3) is 0 Å². The number of likely N-dealkylation sites (tertiary alicyclic amines) is 1. The number of nitrogen functional groups attached to an aromatic ring is 1. The fourth-order valence-electron chi connectivity index (χ4n) is 3.40. The van der Waals surface area contributed by atoms with Crippen LogP contribution in [0.25, 0.3) is 11.3 Å². The second-order valence-corrected chi connectivity index (χ2v) is 7.12. The van der Waals surface area contributed by atoms with E-state index < -0.39 is 11.6 Å². The molecule has 1 aliphatic rings. The van der Waals surface area contributed by atoms with E-state index >= 15 is 0 Å². The molecule has 148 valence electrons. The Morgan fingerprint density at radius 1 is 1.17 bits per heavy atom. The molecule has 0 bridgehead atoms. The zero-order valence-electron chi connectivity index (χ0n) is 15.6. The summed E-state index contributed by atoms with van der Waals surface area (Å²) in [4.78, 5) is 18.7. The molecule has 8 heteroatoms. The number of carbonyl (C=O) groups excluding carboxylic acids is 1. The highest BCUT2D eigenvalue weighted by molar-refractivity contribution is 5.81. The molecule has 0 saturated carbocycles. The third-order valence-corrected chi connectivity index (χ3v) is 4.97. The maximum atomic E-state index is 14.0. The molecule has 1 amide bonds. The number of aromatic nitrogens is 3. The lowest BCUT2D eigenvalue weighted by atomic mass is 9.94. The number of nitrogens with two attached hydrogens (primary N) is 1. The van der Waals surface area contributed by atoms with Crippen LogP contribution in [0.2, 0.25) is 0 Å². The Balaban J connectivity index is 1.41. The number of hydrogen-bond acceptors (Lipinski definition) is 5. The van der Waals surface area contributed by atoms with Gasteiger partial charge in [0.05, 0.1) is 29.2 Å². The van der Waals surface area contributed by atoms with Crippen molar-refractivity contribution in [3.8, 4) is 11.3 Å². The van der Waals surface area contributed by atoms with Crippen molar-refractivity contribution >= 4 is 11.6 Å². The predicted molar refractivity (Wildman–Crippen MR) is 104 cm³/mol. The van der Waals surface area contributed by atoms with E-state index in [-0.39, 0.29) is 17.9 Å². The van der Waals surface area contributed by atoms with Gasteiger partial charge < -0.3 is 10.6 Å². The molecule has 1 aromatic carbocycles.